The SMILES string of the molecule is Cc1cc(/C(C=N)=C2\N=C(NC3CCCCC3)C=C(NCCCN)N2)ccc1C(=O)NC1CC1. The number of nitrogens with two attached hydrogens (primary N) is 1. The molecule has 0 spiro atoms. The Morgan fingerprint density at radius 3 is 2.68 bits per heavy atom. The Bertz CT molecular complexity index is 1000. The van der Waals surface area contributed by atoms with Crippen LogP contribution in [-0.2, 0) is 0 Å². The number of rotatable bonds is 9. The van der Waals surface area contributed by atoms with Crippen molar-refractivity contribution in [1.82, 2.24) is 21.3 Å². The number of nitrogens with zero attached hydrogens (tertiary/aromatic N) is 1. The van der Waals surface area contributed by atoms with Crippen molar-refractivity contribution in [2.24, 2.45) is 10.7 Å². The maximum Gasteiger partial charge on any atom is 0.251 e. The molecule has 8 heteroatoms. The first-order chi connectivity index (χ1) is 16.6. The lowest BCUT2D eigenvalue weighted by Gasteiger charge is -2.27. The molecule has 182 valence electrons. The van der Waals surface area contributed by atoms with Crippen LogP contribution in [0.5, 0.6) is 0 Å². The van der Waals surface area contributed by atoms with Crippen LogP contribution in [-0.4, -0.2) is 43.1 Å². The number of nitrogens with one attached hydrogen (secondary N) is 5. The van der Waals surface area contributed by atoms with Crippen LogP contribution < -0.4 is 27.0 Å². The molecule has 0 radical (unpaired) electrons. The molecule has 0 bridgehead atoms. The smallest absolute Gasteiger partial charge is 0.251 e. The van der Waals surface area contributed by atoms with Gasteiger partial charge in [-0.2, -0.15) is 0 Å². The van der Waals surface area contributed by atoms with Crippen molar-refractivity contribution in [1.29, 1.82) is 5.41 Å². The van der Waals surface area contributed by atoms with E-state index in [0.29, 0.717) is 35.6 Å². The van der Waals surface area contributed by atoms with Crippen LogP contribution in [0.15, 0.2) is 40.9 Å². The molecule has 0 saturated heterocycles. The molecule has 1 heterocycles. The van der Waals surface area contributed by atoms with E-state index < -0.39 is 0 Å². The minimum atomic E-state index is -0.0299. The molecule has 2 aliphatic carbocycles. The molecule has 1 aliphatic heterocycles. The number of allylic oxidation sites excluding steroid dienone is 1. The Morgan fingerprint density at radius 1 is 1.21 bits per heavy atom. The van der Waals surface area contributed by atoms with E-state index in [2.05, 4.69) is 21.3 Å². The van der Waals surface area contributed by atoms with Gasteiger partial charge in [-0.05, 0) is 62.8 Å². The standard InChI is InChI=1S/C26H37N7O/c1-17-14-18(8-11-21(17)26(34)31-20-9-10-20)22(16-28)25-32-23(29-13-5-12-27)15-24(33-25)30-19-6-3-2-4-7-19/h8,11,14-16,19-20,28-29,32H,2-7,9-10,12-13,27H2,1H3,(H,30,33)(H,31,34)/b25-22-,28-16?. The van der Waals surface area contributed by atoms with Gasteiger partial charge in [0.25, 0.3) is 5.91 Å². The van der Waals surface area contributed by atoms with Crippen LogP contribution in [0.2, 0.25) is 0 Å². The van der Waals surface area contributed by atoms with Gasteiger partial charge in [-0.3, -0.25) is 4.79 Å². The third kappa shape index (κ3) is 6.26. The first-order valence-corrected chi connectivity index (χ1v) is 12.5. The lowest BCUT2D eigenvalue weighted by Crippen LogP contribution is -2.40. The number of amides is 1. The minimum absolute atomic E-state index is 0.0299. The predicted molar refractivity (Wildman–Crippen MR) is 138 cm³/mol. The Morgan fingerprint density at radius 2 is 2.00 bits per heavy atom. The van der Waals surface area contributed by atoms with Gasteiger partial charge in [0.05, 0.1) is 0 Å². The van der Waals surface area contributed by atoms with Crippen LogP contribution in [0, 0.1) is 12.3 Å². The number of benzene rings is 1. The molecule has 2 saturated carbocycles. The van der Waals surface area contributed by atoms with Crippen molar-refractivity contribution in [3.05, 3.63) is 52.6 Å². The number of hydrogen-bond donors (Lipinski definition) is 6. The number of aryl methyl sites for hydroxylation is 1. The molecule has 4 rings (SSSR count). The monoisotopic (exact) mass is 463 g/mol. The van der Waals surface area contributed by atoms with Gasteiger partial charge in [0.1, 0.15) is 17.5 Å². The van der Waals surface area contributed by atoms with Gasteiger partial charge in [0.2, 0.25) is 0 Å². The number of amidine groups is 1. The lowest BCUT2D eigenvalue weighted by atomic mass is 9.95. The molecule has 0 aromatic heterocycles. The summed E-state index contributed by atoms with van der Waals surface area (Å²) in [6, 6.07) is 6.44. The summed E-state index contributed by atoms with van der Waals surface area (Å²) in [5, 5.41) is 21.5. The highest BCUT2D eigenvalue weighted by Crippen LogP contribution is 2.24. The fourth-order valence-electron chi connectivity index (χ4n) is 4.42. The molecule has 3 aliphatic rings. The molecule has 1 amide bonds. The van der Waals surface area contributed by atoms with E-state index in [0.717, 1.165) is 61.4 Å². The summed E-state index contributed by atoms with van der Waals surface area (Å²) < 4.78 is 0. The predicted octanol–water partition coefficient (Wildman–Crippen LogP) is 2.91. The minimum Gasteiger partial charge on any atom is -0.371 e. The molecular formula is C26H37N7O. The van der Waals surface area contributed by atoms with E-state index in [1.807, 2.05) is 31.2 Å². The molecule has 7 N–H and O–H groups in total. The van der Waals surface area contributed by atoms with Gasteiger partial charge < -0.3 is 32.4 Å². The molecule has 1 aromatic rings. The quantitative estimate of drug-likeness (QED) is 0.248. The Hall–Kier alpha value is -3.13. The van der Waals surface area contributed by atoms with Gasteiger partial charge >= 0.3 is 0 Å². The summed E-state index contributed by atoms with van der Waals surface area (Å²) in [6.07, 6.45) is 12.4. The largest absolute Gasteiger partial charge is 0.371 e. The summed E-state index contributed by atoms with van der Waals surface area (Å²) in [7, 11) is 0. The van der Waals surface area contributed by atoms with E-state index >= 15 is 0 Å². The summed E-state index contributed by atoms with van der Waals surface area (Å²) in [5.74, 6) is 2.22. The second-order valence-electron chi connectivity index (χ2n) is 9.41. The van der Waals surface area contributed by atoms with Crippen molar-refractivity contribution >= 4 is 23.5 Å². The van der Waals surface area contributed by atoms with E-state index in [4.69, 9.17) is 16.1 Å². The van der Waals surface area contributed by atoms with Gasteiger partial charge in [0.15, 0.2) is 0 Å². The van der Waals surface area contributed by atoms with Crippen molar-refractivity contribution in [2.75, 3.05) is 13.1 Å². The second kappa shape index (κ2) is 11.3. The molecule has 0 unspecified atom stereocenters. The fraction of sp³-hybridized carbons (Fsp3) is 0.500. The summed E-state index contributed by atoms with van der Waals surface area (Å²) in [6.45, 7) is 3.31. The first-order valence-electron chi connectivity index (χ1n) is 12.5. The highest BCUT2D eigenvalue weighted by molar-refractivity contribution is 6.11. The van der Waals surface area contributed by atoms with E-state index in [-0.39, 0.29) is 5.91 Å². The molecule has 0 atom stereocenters. The zero-order valence-electron chi connectivity index (χ0n) is 20.0. The Labute approximate surface area is 202 Å². The van der Waals surface area contributed by atoms with Gasteiger partial charge in [-0.25, -0.2) is 4.99 Å². The second-order valence-corrected chi connectivity index (χ2v) is 9.41. The van der Waals surface area contributed by atoms with Crippen molar-refractivity contribution in [2.45, 2.75) is 70.4 Å². The van der Waals surface area contributed by atoms with Crippen LogP contribution in [0.4, 0.5) is 0 Å². The molecule has 8 nitrogen and oxygen atoms in total. The third-order valence-electron chi connectivity index (χ3n) is 6.51. The third-order valence-corrected chi connectivity index (χ3v) is 6.51. The Balaban J connectivity index is 1.60. The highest BCUT2D eigenvalue weighted by Gasteiger charge is 2.25. The maximum absolute atomic E-state index is 12.5. The van der Waals surface area contributed by atoms with E-state index in [1.54, 1.807) is 0 Å². The van der Waals surface area contributed by atoms with E-state index in [1.165, 1.54) is 25.5 Å². The van der Waals surface area contributed by atoms with E-state index in [9.17, 15) is 4.79 Å². The average Bonchev–Trinajstić information content (AvgIpc) is 3.64. The zero-order valence-corrected chi connectivity index (χ0v) is 20.0. The topological polar surface area (TPSA) is 127 Å². The van der Waals surface area contributed by atoms with Crippen LogP contribution >= 0.6 is 0 Å². The number of carbonyl (C=O) groups excluding carboxylic acids is 1. The normalized spacial score (nSPS) is 19.9. The molecular weight excluding hydrogens is 426 g/mol. The number of aliphatic imine (C=N–C) groups is 1. The van der Waals surface area contributed by atoms with Crippen molar-refractivity contribution in [3.63, 3.8) is 0 Å². The highest BCUT2D eigenvalue weighted by atomic mass is 16.1. The average molecular weight is 464 g/mol. The Kier molecular flexibility index (Phi) is 8.00. The molecule has 1 aromatic carbocycles. The summed E-state index contributed by atoms with van der Waals surface area (Å²) in [5.41, 5.74) is 8.74. The fourth-order valence-corrected chi connectivity index (χ4v) is 4.42. The summed E-state index contributed by atoms with van der Waals surface area (Å²) >= 11 is 0. The molecule has 34 heavy (non-hydrogen) atoms. The number of hydrogen-bond acceptors (Lipinski definition) is 7. The van der Waals surface area contributed by atoms with Crippen LogP contribution in [0.25, 0.3) is 5.57 Å². The lowest BCUT2D eigenvalue weighted by molar-refractivity contribution is 0.0950. The van der Waals surface area contributed by atoms with Crippen molar-refractivity contribution < 1.29 is 4.79 Å². The van der Waals surface area contributed by atoms with Crippen LogP contribution in [0.3, 0.4) is 0 Å². The van der Waals surface area contributed by atoms with Crippen LogP contribution in [0.1, 0.15) is 72.9 Å². The zero-order chi connectivity index (χ0) is 23.9. The van der Waals surface area contributed by atoms with Gasteiger partial charge in [-0.1, -0.05) is 31.4 Å². The van der Waals surface area contributed by atoms with Gasteiger partial charge in [-0.15, -0.1) is 0 Å². The first kappa shape index (κ1) is 24.0. The van der Waals surface area contributed by atoms with Gasteiger partial charge in [0, 0.05) is 42.1 Å². The number of carbonyl (C=O) groups is 1. The molecule has 2 fully saturated rings. The summed E-state index contributed by atoms with van der Waals surface area (Å²) in [4.78, 5) is 17.4. The van der Waals surface area contributed by atoms with Crippen molar-refractivity contribution in [3.8, 4) is 0 Å². The maximum atomic E-state index is 12.5.